The summed E-state index contributed by atoms with van der Waals surface area (Å²) in [5.74, 6) is -0.271. The number of furan rings is 1. The highest BCUT2D eigenvalue weighted by molar-refractivity contribution is 5.76. The van der Waals surface area contributed by atoms with E-state index in [2.05, 4.69) is 0 Å². The summed E-state index contributed by atoms with van der Waals surface area (Å²) in [7, 11) is 0. The van der Waals surface area contributed by atoms with E-state index in [1.807, 2.05) is 0 Å². The number of alkyl halides is 3. The van der Waals surface area contributed by atoms with E-state index in [-0.39, 0.29) is 13.0 Å². The fourth-order valence-electron chi connectivity index (χ4n) is 1.63. The van der Waals surface area contributed by atoms with E-state index in [4.69, 9.17) is 10.2 Å². The van der Waals surface area contributed by atoms with Crippen LogP contribution in [-0.4, -0.2) is 29.1 Å². The van der Waals surface area contributed by atoms with Crippen LogP contribution in [0.15, 0.2) is 22.8 Å². The number of amides is 1. The molecule has 0 saturated heterocycles. The molecule has 0 aliphatic carbocycles. The minimum atomic E-state index is -4.44. The minimum absolute atomic E-state index is 0.0275. The van der Waals surface area contributed by atoms with Gasteiger partial charge in [-0.25, -0.2) is 0 Å². The summed E-state index contributed by atoms with van der Waals surface area (Å²) in [6.07, 6.45) is -2.80. The third-order valence-corrected chi connectivity index (χ3v) is 2.63. The average molecular weight is 292 g/mol. The van der Waals surface area contributed by atoms with Crippen LogP contribution < -0.4 is 5.73 Å². The monoisotopic (exact) mass is 292 g/mol. The van der Waals surface area contributed by atoms with Gasteiger partial charge in [0.25, 0.3) is 0 Å². The summed E-state index contributed by atoms with van der Waals surface area (Å²) in [6, 6.07) is 3.10. The Bertz CT molecular complexity index is 422. The van der Waals surface area contributed by atoms with E-state index in [9.17, 15) is 18.0 Å². The molecule has 0 bridgehead atoms. The van der Waals surface area contributed by atoms with Crippen molar-refractivity contribution in [1.29, 1.82) is 0 Å². The second kappa shape index (κ2) is 6.30. The molecule has 1 aromatic heterocycles. The predicted molar refractivity (Wildman–Crippen MR) is 67.7 cm³/mol. The van der Waals surface area contributed by atoms with Crippen LogP contribution in [0.2, 0.25) is 0 Å². The van der Waals surface area contributed by atoms with Crippen molar-refractivity contribution in [1.82, 2.24) is 4.90 Å². The molecule has 114 valence electrons. The van der Waals surface area contributed by atoms with Gasteiger partial charge >= 0.3 is 6.18 Å². The Morgan fingerprint density at radius 2 is 2.05 bits per heavy atom. The number of rotatable bonds is 6. The van der Waals surface area contributed by atoms with Crippen molar-refractivity contribution in [3.8, 4) is 0 Å². The molecule has 0 aromatic carbocycles. The van der Waals surface area contributed by atoms with E-state index in [1.54, 1.807) is 19.9 Å². The number of halogens is 3. The maximum atomic E-state index is 12.5. The van der Waals surface area contributed by atoms with Gasteiger partial charge in [-0.3, -0.25) is 4.79 Å². The molecule has 0 atom stereocenters. The molecule has 0 spiro atoms. The van der Waals surface area contributed by atoms with Gasteiger partial charge in [0.1, 0.15) is 12.3 Å². The molecule has 0 saturated carbocycles. The minimum Gasteiger partial charge on any atom is -0.467 e. The summed E-state index contributed by atoms with van der Waals surface area (Å²) in [5, 5.41) is 0. The maximum Gasteiger partial charge on any atom is 0.406 e. The molecule has 7 heteroatoms. The third kappa shape index (κ3) is 6.60. The Morgan fingerprint density at radius 1 is 1.40 bits per heavy atom. The smallest absolute Gasteiger partial charge is 0.406 e. The molecule has 0 aliphatic heterocycles. The molecule has 0 fully saturated rings. The maximum absolute atomic E-state index is 12.5. The van der Waals surface area contributed by atoms with Gasteiger partial charge in [-0.2, -0.15) is 13.2 Å². The van der Waals surface area contributed by atoms with Crippen LogP contribution in [0.3, 0.4) is 0 Å². The molecule has 0 unspecified atom stereocenters. The van der Waals surface area contributed by atoms with Crippen molar-refractivity contribution in [3.05, 3.63) is 24.2 Å². The van der Waals surface area contributed by atoms with Gasteiger partial charge in [-0.1, -0.05) is 0 Å². The number of nitrogens with two attached hydrogens (primary N) is 1. The SMILES string of the molecule is CC(C)(N)CCC(=O)N(Cc1ccco1)CC(F)(F)F. The van der Waals surface area contributed by atoms with Crippen molar-refractivity contribution < 1.29 is 22.4 Å². The third-order valence-electron chi connectivity index (χ3n) is 2.63. The first-order valence-corrected chi connectivity index (χ1v) is 6.23. The highest BCUT2D eigenvalue weighted by Crippen LogP contribution is 2.20. The Morgan fingerprint density at radius 3 is 2.50 bits per heavy atom. The van der Waals surface area contributed by atoms with Crippen molar-refractivity contribution >= 4 is 5.91 Å². The lowest BCUT2D eigenvalue weighted by molar-refractivity contribution is -0.163. The first-order chi connectivity index (χ1) is 9.07. The highest BCUT2D eigenvalue weighted by Gasteiger charge is 2.33. The zero-order chi connectivity index (χ0) is 15.4. The van der Waals surface area contributed by atoms with Crippen LogP contribution in [0, 0.1) is 0 Å². The van der Waals surface area contributed by atoms with E-state index in [0.29, 0.717) is 12.2 Å². The number of carbonyl (C=O) groups is 1. The fraction of sp³-hybridized carbons (Fsp3) is 0.615. The quantitative estimate of drug-likeness (QED) is 0.877. The van der Waals surface area contributed by atoms with Gasteiger partial charge in [-0.05, 0) is 32.4 Å². The molecular weight excluding hydrogens is 273 g/mol. The molecule has 1 heterocycles. The van der Waals surface area contributed by atoms with E-state index in [0.717, 1.165) is 4.90 Å². The van der Waals surface area contributed by atoms with Crippen molar-refractivity contribution in [2.75, 3.05) is 6.54 Å². The zero-order valence-corrected chi connectivity index (χ0v) is 11.5. The number of hydrogen-bond acceptors (Lipinski definition) is 3. The van der Waals surface area contributed by atoms with E-state index < -0.39 is 24.2 Å². The van der Waals surface area contributed by atoms with Crippen LogP contribution in [-0.2, 0) is 11.3 Å². The topological polar surface area (TPSA) is 59.5 Å². The van der Waals surface area contributed by atoms with Crippen LogP contribution in [0.4, 0.5) is 13.2 Å². The lowest BCUT2D eigenvalue weighted by atomic mass is 9.99. The molecule has 0 aliphatic rings. The van der Waals surface area contributed by atoms with Crippen molar-refractivity contribution in [2.45, 2.75) is 44.9 Å². The zero-order valence-electron chi connectivity index (χ0n) is 11.5. The number of hydrogen-bond donors (Lipinski definition) is 1. The fourth-order valence-corrected chi connectivity index (χ4v) is 1.63. The summed E-state index contributed by atoms with van der Waals surface area (Å²) in [5.41, 5.74) is 5.14. The summed E-state index contributed by atoms with van der Waals surface area (Å²) in [6.45, 7) is 1.95. The van der Waals surface area contributed by atoms with Crippen molar-refractivity contribution in [3.63, 3.8) is 0 Å². The Balaban J connectivity index is 2.68. The largest absolute Gasteiger partial charge is 0.467 e. The van der Waals surface area contributed by atoms with Gasteiger partial charge in [-0.15, -0.1) is 0 Å². The summed E-state index contributed by atoms with van der Waals surface area (Å²) in [4.78, 5) is 12.7. The number of nitrogens with zero attached hydrogens (tertiary/aromatic N) is 1. The molecule has 1 rings (SSSR count). The molecule has 20 heavy (non-hydrogen) atoms. The van der Waals surface area contributed by atoms with Gasteiger partial charge in [0.15, 0.2) is 0 Å². The van der Waals surface area contributed by atoms with Gasteiger partial charge in [0.05, 0.1) is 12.8 Å². The van der Waals surface area contributed by atoms with E-state index >= 15 is 0 Å². The second-order valence-electron chi connectivity index (χ2n) is 5.43. The first-order valence-electron chi connectivity index (χ1n) is 6.23. The van der Waals surface area contributed by atoms with E-state index in [1.165, 1.54) is 12.3 Å². The number of carbonyl (C=O) groups excluding carboxylic acids is 1. The molecule has 1 aromatic rings. The predicted octanol–water partition coefficient (Wildman–Crippen LogP) is 2.69. The van der Waals surface area contributed by atoms with Crippen LogP contribution in [0.25, 0.3) is 0 Å². The summed E-state index contributed by atoms with van der Waals surface area (Å²) < 4.78 is 42.5. The lowest BCUT2D eigenvalue weighted by Gasteiger charge is -2.25. The summed E-state index contributed by atoms with van der Waals surface area (Å²) >= 11 is 0. The molecular formula is C13H19F3N2O2. The molecule has 0 radical (unpaired) electrons. The van der Waals surface area contributed by atoms with Gasteiger partial charge < -0.3 is 15.1 Å². The van der Waals surface area contributed by atoms with Gasteiger partial charge in [0, 0.05) is 12.0 Å². The van der Waals surface area contributed by atoms with Gasteiger partial charge in [0.2, 0.25) is 5.91 Å². The van der Waals surface area contributed by atoms with Crippen LogP contribution in [0.5, 0.6) is 0 Å². The standard InChI is InChI=1S/C13H19F3N2O2/c1-12(2,17)6-5-11(19)18(9-13(14,15)16)8-10-4-3-7-20-10/h3-4,7H,5-6,8-9,17H2,1-2H3. The molecule has 2 N–H and O–H groups in total. The highest BCUT2D eigenvalue weighted by atomic mass is 19.4. The average Bonchev–Trinajstić information content (AvgIpc) is 2.74. The molecule has 4 nitrogen and oxygen atoms in total. The second-order valence-corrected chi connectivity index (χ2v) is 5.43. The Hall–Kier alpha value is -1.50. The van der Waals surface area contributed by atoms with Crippen LogP contribution in [0.1, 0.15) is 32.4 Å². The van der Waals surface area contributed by atoms with Crippen LogP contribution >= 0.6 is 0 Å². The Labute approximate surface area is 115 Å². The normalized spacial score (nSPS) is 12.5. The Kier molecular flexibility index (Phi) is 5.21. The van der Waals surface area contributed by atoms with Crippen molar-refractivity contribution in [2.24, 2.45) is 5.73 Å². The first kappa shape index (κ1) is 16.6. The molecule has 1 amide bonds. The lowest BCUT2D eigenvalue weighted by Crippen LogP contribution is -2.40.